The monoisotopic (exact) mass is 307 g/mol. The zero-order valence-corrected chi connectivity index (χ0v) is 16.6. The second-order valence-electron chi connectivity index (χ2n) is 5.88. The minimum absolute atomic E-state index is 0. The average Bonchev–Trinajstić information content (AvgIpc) is 2.43. The Morgan fingerprint density at radius 1 is 0.857 bits per heavy atom. The number of nitrogens with one attached hydrogen (secondary N) is 1. The maximum Gasteiger partial charge on any atom is 1.00 e. The minimum atomic E-state index is -1.01. The molecule has 0 aromatic rings. The summed E-state index contributed by atoms with van der Waals surface area (Å²) < 4.78 is 0. The van der Waals surface area contributed by atoms with Crippen LogP contribution in [0.3, 0.4) is 0 Å². The van der Waals surface area contributed by atoms with Crippen LogP contribution >= 0.6 is 0 Å². The van der Waals surface area contributed by atoms with Crippen LogP contribution in [0.1, 0.15) is 90.9 Å². The molecule has 0 spiro atoms. The molecule has 0 aromatic heterocycles. The van der Waals surface area contributed by atoms with Crippen molar-refractivity contribution in [1.29, 1.82) is 0 Å². The second-order valence-corrected chi connectivity index (χ2v) is 5.88. The van der Waals surface area contributed by atoms with Gasteiger partial charge in [-0.05, 0) is 19.9 Å². The summed E-state index contributed by atoms with van der Waals surface area (Å²) in [6.07, 6.45) is 16.0. The van der Waals surface area contributed by atoms with Gasteiger partial charge >= 0.3 is 29.6 Å². The fraction of sp³-hybridized carbons (Fsp3) is 0.941. The van der Waals surface area contributed by atoms with Gasteiger partial charge in [-0.1, -0.05) is 77.6 Å². The maximum absolute atomic E-state index is 10.5. The van der Waals surface area contributed by atoms with Crippen molar-refractivity contribution in [2.24, 2.45) is 0 Å². The van der Waals surface area contributed by atoms with E-state index < -0.39 is 12.0 Å². The number of carbonyl (C=O) groups is 1. The Hall–Kier alpha value is 0.430. The Morgan fingerprint density at radius 2 is 1.24 bits per heavy atom. The predicted octanol–water partition coefficient (Wildman–Crippen LogP) is 0.420. The summed E-state index contributed by atoms with van der Waals surface area (Å²) in [4.78, 5) is 10.5. The summed E-state index contributed by atoms with van der Waals surface area (Å²) in [5.41, 5.74) is 0. The Balaban J connectivity index is 0. The van der Waals surface area contributed by atoms with Crippen molar-refractivity contribution in [1.82, 2.24) is 5.32 Å². The summed E-state index contributed by atoms with van der Waals surface area (Å²) in [7, 11) is 0. The summed E-state index contributed by atoms with van der Waals surface area (Å²) in [5, 5.41) is 13.4. The molecule has 0 aromatic carbocycles. The first-order valence-corrected chi connectivity index (χ1v) is 8.62. The number of rotatable bonds is 15. The zero-order chi connectivity index (χ0) is 15.1. The van der Waals surface area contributed by atoms with Crippen molar-refractivity contribution in [3.63, 3.8) is 0 Å². The van der Waals surface area contributed by atoms with Gasteiger partial charge in [0.2, 0.25) is 0 Å². The number of unbranched alkanes of at least 4 members (excludes halogenated alkanes) is 11. The van der Waals surface area contributed by atoms with Gasteiger partial charge in [-0.15, -0.1) is 0 Å². The zero-order valence-electron chi connectivity index (χ0n) is 14.6. The number of carboxylic acids is 1. The minimum Gasteiger partial charge on any atom is -0.548 e. The maximum atomic E-state index is 10.5. The molecule has 4 heteroatoms. The fourth-order valence-electron chi connectivity index (χ4n) is 2.37. The number of hydrogen-bond acceptors (Lipinski definition) is 3. The van der Waals surface area contributed by atoms with E-state index in [0.29, 0.717) is 0 Å². The molecule has 0 heterocycles. The Kier molecular flexibility index (Phi) is 20.8. The van der Waals surface area contributed by atoms with Gasteiger partial charge in [0.05, 0.1) is 5.97 Å². The number of carboxylic acid groups (broad SMARTS) is 1. The molecule has 0 saturated heterocycles. The van der Waals surface area contributed by atoms with Crippen LogP contribution in [0.2, 0.25) is 0 Å². The molecule has 0 saturated carbocycles. The normalized spacial score (nSPS) is 11.9. The Bertz CT molecular complexity index is 225. The van der Waals surface area contributed by atoms with Crippen LogP contribution < -0.4 is 40.0 Å². The third kappa shape index (κ3) is 18.4. The van der Waals surface area contributed by atoms with Crippen LogP contribution in [0, 0.1) is 0 Å². The summed E-state index contributed by atoms with van der Waals surface area (Å²) in [6, 6.07) is -0.525. The van der Waals surface area contributed by atoms with Gasteiger partial charge < -0.3 is 15.2 Å². The third-order valence-corrected chi connectivity index (χ3v) is 3.83. The van der Waals surface area contributed by atoms with Crippen LogP contribution in [0.5, 0.6) is 0 Å². The van der Waals surface area contributed by atoms with Gasteiger partial charge in [-0.3, -0.25) is 0 Å². The van der Waals surface area contributed by atoms with Gasteiger partial charge in [0.15, 0.2) is 0 Å². The number of carbonyl (C=O) groups excluding carboxylic acids is 1. The number of hydrogen-bond donors (Lipinski definition) is 1. The van der Waals surface area contributed by atoms with Crippen LogP contribution in [0.25, 0.3) is 0 Å². The first-order chi connectivity index (χ1) is 9.68. The van der Waals surface area contributed by atoms with E-state index in [1.54, 1.807) is 6.92 Å². The van der Waals surface area contributed by atoms with Crippen LogP contribution in [-0.2, 0) is 4.79 Å². The molecule has 0 aliphatic heterocycles. The molecular formula is C17H34NNaO2. The smallest absolute Gasteiger partial charge is 0.548 e. The quantitative estimate of drug-likeness (QED) is 0.352. The van der Waals surface area contributed by atoms with Crippen LogP contribution in [-0.4, -0.2) is 18.6 Å². The van der Waals surface area contributed by atoms with E-state index in [-0.39, 0.29) is 29.6 Å². The van der Waals surface area contributed by atoms with Crippen LogP contribution in [0.4, 0.5) is 0 Å². The first kappa shape index (κ1) is 23.7. The van der Waals surface area contributed by atoms with Crippen molar-refractivity contribution in [2.75, 3.05) is 6.54 Å². The molecule has 1 N–H and O–H groups in total. The van der Waals surface area contributed by atoms with E-state index in [1.165, 1.54) is 70.6 Å². The molecular weight excluding hydrogens is 273 g/mol. The average molecular weight is 307 g/mol. The van der Waals surface area contributed by atoms with E-state index >= 15 is 0 Å². The standard InChI is InChI=1S/C17H35NO2.Na/c1-3-4-5-6-7-8-9-10-11-12-13-14-15-18-16(2)17(19)20;/h16,18H,3-15H2,1-2H3,(H,19,20);/q;+1/p-1. The fourth-order valence-corrected chi connectivity index (χ4v) is 2.37. The van der Waals surface area contributed by atoms with E-state index in [0.717, 1.165) is 13.0 Å². The second kappa shape index (κ2) is 18.5. The molecule has 3 nitrogen and oxygen atoms in total. The van der Waals surface area contributed by atoms with E-state index in [2.05, 4.69) is 12.2 Å². The first-order valence-electron chi connectivity index (χ1n) is 8.62. The van der Waals surface area contributed by atoms with Crippen molar-refractivity contribution >= 4 is 5.97 Å². The van der Waals surface area contributed by atoms with Crippen molar-refractivity contribution in [3.05, 3.63) is 0 Å². The molecule has 1 unspecified atom stereocenters. The summed E-state index contributed by atoms with van der Waals surface area (Å²) in [6.45, 7) is 4.68. The van der Waals surface area contributed by atoms with Gasteiger partial charge in [-0.2, -0.15) is 0 Å². The van der Waals surface area contributed by atoms with Crippen LogP contribution in [0.15, 0.2) is 0 Å². The molecule has 1 atom stereocenters. The van der Waals surface area contributed by atoms with Gasteiger partial charge in [0.25, 0.3) is 0 Å². The largest absolute Gasteiger partial charge is 1.00 e. The van der Waals surface area contributed by atoms with Gasteiger partial charge in [0, 0.05) is 6.04 Å². The Labute approximate surface area is 153 Å². The molecule has 21 heavy (non-hydrogen) atoms. The van der Waals surface area contributed by atoms with Crippen molar-refractivity contribution in [2.45, 2.75) is 96.9 Å². The van der Waals surface area contributed by atoms with Crippen molar-refractivity contribution in [3.8, 4) is 0 Å². The molecule has 0 radical (unpaired) electrons. The SMILES string of the molecule is CCCCCCCCCCCCCCNC(C)C(=O)[O-].[Na+]. The van der Waals surface area contributed by atoms with Gasteiger partial charge in [0.1, 0.15) is 0 Å². The summed E-state index contributed by atoms with van der Waals surface area (Å²) in [5.74, 6) is -1.01. The molecule has 0 fully saturated rings. The van der Waals surface area contributed by atoms with Gasteiger partial charge in [-0.25, -0.2) is 0 Å². The van der Waals surface area contributed by atoms with E-state index in [4.69, 9.17) is 0 Å². The Morgan fingerprint density at radius 3 is 1.62 bits per heavy atom. The molecule has 0 rings (SSSR count). The number of aliphatic carboxylic acids is 1. The summed E-state index contributed by atoms with van der Waals surface area (Å²) >= 11 is 0. The molecule has 120 valence electrons. The molecule has 0 amide bonds. The molecule has 0 bridgehead atoms. The molecule has 0 aliphatic carbocycles. The van der Waals surface area contributed by atoms with Crippen molar-refractivity contribution < 1.29 is 39.5 Å². The predicted molar refractivity (Wildman–Crippen MR) is 83.5 cm³/mol. The van der Waals surface area contributed by atoms with E-state index in [9.17, 15) is 9.90 Å². The molecule has 0 aliphatic rings. The van der Waals surface area contributed by atoms with E-state index in [1.807, 2.05) is 0 Å². The topological polar surface area (TPSA) is 52.2 Å². The third-order valence-electron chi connectivity index (χ3n) is 3.83.